The van der Waals surface area contributed by atoms with Crippen molar-refractivity contribution in [1.82, 2.24) is 0 Å². The van der Waals surface area contributed by atoms with Crippen molar-refractivity contribution >= 4 is 29.3 Å². The number of carbonyl (C=O) groups is 2. The molecule has 0 aliphatic heterocycles. The summed E-state index contributed by atoms with van der Waals surface area (Å²) in [5.74, 6) is 1.16. The predicted molar refractivity (Wildman–Crippen MR) is 86.3 cm³/mol. The average molecular weight is 319 g/mol. The second-order valence-electron chi connectivity index (χ2n) is 4.76. The summed E-state index contributed by atoms with van der Waals surface area (Å²) in [5, 5.41) is 11.4. The van der Waals surface area contributed by atoms with E-state index in [0.29, 0.717) is 23.0 Å². The maximum Gasteiger partial charge on any atom is 0.304 e. The zero-order valence-corrected chi connectivity index (χ0v) is 13.0. The second-order valence-corrected chi connectivity index (χ2v) is 5.87. The summed E-state index contributed by atoms with van der Waals surface area (Å²) in [6.07, 6.45) is 0.152. The number of hydrogen-bond acceptors (Lipinski definition) is 4. The number of aryl methyl sites for hydroxylation is 1. The molecule has 0 atom stereocenters. The lowest BCUT2D eigenvalue weighted by Gasteiger charge is -2.06. The van der Waals surface area contributed by atoms with Gasteiger partial charge >= 0.3 is 5.97 Å². The van der Waals surface area contributed by atoms with E-state index in [9.17, 15) is 9.59 Å². The second kappa shape index (κ2) is 7.70. The smallest absolute Gasteiger partial charge is 0.304 e. The van der Waals surface area contributed by atoms with Crippen molar-refractivity contribution < 1.29 is 19.1 Å². The molecule has 6 heteroatoms. The minimum Gasteiger partial charge on any atom is -0.481 e. The summed E-state index contributed by atoms with van der Waals surface area (Å²) in [6.45, 7) is 1.78. The van der Waals surface area contributed by atoms with Crippen molar-refractivity contribution in [2.45, 2.75) is 19.1 Å². The Bertz CT molecular complexity index is 666. The first-order valence-corrected chi connectivity index (χ1v) is 7.96. The summed E-state index contributed by atoms with van der Waals surface area (Å²) in [7, 11) is 0. The lowest BCUT2D eigenvalue weighted by Crippen LogP contribution is -2.10. The largest absolute Gasteiger partial charge is 0.481 e. The molecular formula is C16H17NO4S. The van der Waals surface area contributed by atoms with E-state index in [2.05, 4.69) is 5.32 Å². The van der Waals surface area contributed by atoms with E-state index in [1.807, 2.05) is 18.2 Å². The fourth-order valence-electron chi connectivity index (χ4n) is 1.84. The fourth-order valence-corrected chi connectivity index (χ4v) is 2.72. The molecule has 0 saturated carbocycles. The van der Waals surface area contributed by atoms with E-state index in [-0.39, 0.29) is 18.1 Å². The van der Waals surface area contributed by atoms with E-state index >= 15 is 0 Å². The van der Waals surface area contributed by atoms with Crippen LogP contribution in [0.5, 0.6) is 0 Å². The van der Waals surface area contributed by atoms with E-state index in [0.717, 1.165) is 5.56 Å². The summed E-state index contributed by atoms with van der Waals surface area (Å²) < 4.78 is 5.28. The molecule has 2 rings (SSSR count). The van der Waals surface area contributed by atoms with Gasteiger partial charge in [0, 0.05) is 17.2 Å². The summed E-state index contributed by atoms with van der Waals surface area (Å²) in [6, 6.07) is 10.9. The van der Waals surface area contributed by atoms with Crippen molar-refractivity contribution in [3.8, 4) is 0 Å². The number of anilines is 1. The van der Waals surface area contributed by atoms with Crippen molar-refractivity contribution in [2.24, 2.45) is 0 Å². The van der Waals surface area contributed by atoms with Gasteiger partial charge in [0.1, 0.15) is 5.76 Å². The average Bonchev–Trinajstić information content (AvgIpc) is 2.91. The Labute approximate surface area is 132 Å². The molecule has 0 aliphatic rings. The third-order valence-corrected chi connectivity index (χ3v) is 3.91. The van der Waals surface area contributed by atoms with Crippen molar-refractivity contribution in [2.75, 3.05) is 11.1 Å². The fraction of sp³-hybridized carbons (Fsp3) is 0.250. The number of thioether (sulfide) groups is 1. The van der Waals surface area contributed by atoms with Crippen LogP contribution in [0.1, 0.15) is 28.3 Å². The van der Waals surface area contributed by atoms with Crippen LogP contribution in [0.25, 0.3) is 0 Å². The third-order valence-electron chi connectivity index (χ3n) is 2.88. The number of carboxylic acid groups (broad SMARTS) is 1. The van der Waals surface area contributed by atoms with Gasteiger partial charge in [-0.05, 0) is 36.8 Å². The lowest BCUT2D eigenvalue weighted by molar-refractivity contribution is -0.136. The number of carbonyl (C=O) groups excluding carboxylic acids is 1. The van der Waals surface area contributed by atoms with Crippen LogP contribution in [0, 0.1) is 6.92 Å². The van der Waals surface area contributed by atoms with Crippen LogP contribution in [-0.2, 0) is 10.5 Å². The number of carboxylic acids is 1. The molecule has 1 amide bonds. The lowest BCUT2D eigenvalue weighted by atomic mass is 10.2. The number of nitrogens with one attached hydrogen (secondary N) is 1. The van der Waals surface area contributed by atoms with Crippen LogP contribution in [0.3, 0.4) is 0 Å². The minimum atomic E-state index is -0.790. The topological polar surface area (TPSA) is 79.5 Å². The molecular weight excluding hydrogens is 302 g/mol. The van der Waals surface area contributed by atoms with Gasteiger partial charge in [-0.15, -0.1) is 0 Å². The van der Waals surface area contributed by atoms with Gasteiger partial charge in [-0.2, -0.15) is 11.8 Å². The quantitative estimate of drug-likeness (QED) is 0.763. The molecule has 116 valence electrons. The highest BCUT2D eigenvalue weighted by molar-refractivity contribution is 7.98. The SMILES string of the molecule is Cc1ccc(C(=O)Nc2cccc(CSCCC(=O)O)c2)o1. The minimum absolute atomic E-state index is 0.152. The molecule has 1 aromatic heterocycles. The molecule has 5 nitrogen and oxygen atoms in total. The van der Waals surface area contributed by atoms with Crippen LogP contribution >= 0.6 is 11.8 Å². The van der Waals surface area contributed by atoms with Crippen molar-refractivity contribution in [3.63, 3.8) is 0 Å². The van der Waals surface area contributed by atoms with Crippen LogP contribution in [0.2, 0.25) is 0 Å². The molecule has 1 aromatic carbocycles. The highest BCUT2D eigenvalue weighted by Gasteiger charge is 2.10. The molecule has 0 bridgehead atoms. The van der Waals surface area contributed by atoms with Gasteiger partial charge < -0.3 is 14.8 Å². The molecule has 0 fully saturated rings. The summed E-state index contributed by atoms with van der Waals surface area (Å²) in [5.41, 5.74) is 1.72. The third kappa shape index (κ3) is 4.96. The zero-order valence-electron chi connectivity index (χ0n) is 12.2. The maximum atomic E-state index is 12.0. The Balaban J connectivity index is 1.90. The highest BCUT2D eigenvalue weighted by atomic mass is 32.2. The van der Waals surface area contributed by atoms with Gasteiger partial charge in [0.15, 0.2) is 5.76 Å². The first kappa shape index (κ1) is 16.2. The molecule has 0 aliphatic carbocycles. The maximum absolute atomic E-state index is 12.0. The van der Waals surface area contributed by atoms with Crippen molar-refractivity contribution in [1.29, 1.82) is 0 Å². The molecule has 1 heterocycles. The first-order valence-electron chi connectivity index (χ1n) is 6.81. The Kier molecular flexibility index (Phi) is 5.66. The van der Waals surface area contributed by atoms with E-state index in [1.165, 1.54) is 0 Å². The van der Waals surface area contributed by atoms with E-state index < -0.39 is 5.97 Å². The van der Waals surface area contributed by atoms with Crippen LogP contribution < -0.4 is 5.32 Å². The van der Waals surface area contributed by atoms with Gasteiger partial charge in [-0.3, -0.25) is 9.59 Å². The summed E-state index contributed by atoms with van der Waals surface area (Å²) in [4.78, 5) is 22.5. The number of rotatable bonds is 7. The Hall–Kier alpha value is -2.21. The normalized spacial score (nSPS) is 10.4. The van der Waals surface area contributed by atoms with E-state index in [4.69, 9.17) is 9.52 Å². The first-order chi connectivity index (χ1) is 10.5. The zero-order chi connectivity index (χ0) is 15.9. The van der Waals surface area contributed by atoms with Crippen LogP contribution in [-0.4, -0.2) is 22.7 Å². The Morgan fingerprint density at radius 1 is 1.27 bits per heavy atom. The monoisotopic (exact) mass is 319 g/mol. The molecule has 0 saturated heterocycles. The molecule has 2 N–H and O–H groups in total. The number of hydrogen-bond donors (Lipinski definition) is 2. The molecule has 2 aromatic rings. The molecule has 0 spiro atoms. The summed E-state index contributed by atoms with van der Waals surface area (Å²) >= 11 is 1.55. The number of aliphatic carboxylic acids is 1. The molecule has 22 heavy (non-hydrogen) atoms. The Morgan fingerprint density at radius 3 is 2.77 bits per heavy atom. The standard InChI is InChI=1S/C16H17NO4S/c1-11-5-6-14(21-11)16(20)17-13-4-2-3-12(9-13)10-22-8-7-15(18)19/h2-6,9H,7-8,10H2,1H3,(H,17,20)(H,18,19). The molecule has 0 radical (unpaired) electrons. The van der Waals surface area contributed by atoms with E-state index in [1.54, 1.807) is 36.9 Å². The van der Waals surface area contributed by atoms with Gasteiger partial charge in [0.25, 0.3) is 5.91 Å². The Morgan fingerprint density at radius 2 is 2.09 bits per heavy atom. The molecule has 0 unspecified atom stereocenters. The van der Waals surface area contributed by atoms with Gasteiger partial charge in [-0.25, -0.2) is 0 Å². The predicted octanol–water partition coefficient (Wildman–Crippen LogP) is 3.55. The van der Waals surface area contributed by atoms with Gasteiger partial charge in [-0.1, -0.05) is 12.1 Å². The van der Waals surface area contributed by atoms with Crippen molar-refractivity contribution in [3.05, 3.63) is 53.5 Å². The highest BCUT2D eigenvalue weighted by Crippen LogP contribution is 2.18. The van der Waals surface area contributed by atoms with Crippen LogP contribution in [0.4, 0.5) is 5.69 Å². The van der Waals surface area contributed by atoms with Crippen LogP contribution in [0.15, 0.2) is 40.8 Å². The number of furan rings is 1. The van der Waals surface area contributed by atoms with Gasteiger partial charge in [0.05, 0.1) is 6.42 Å². The number of amides is 1. The van der Waals surface area contributed by atoms with Gasteiger partial charge in [0.2, 0.25) is 0 Å². The number of benzene rings is 1.